The average molecular weight is 224 g/mol. The Hall–Kier alpha value is -1.36. The van der Waals surface area contributed by atoms with Gasteiger partial charge < -0.3 is 15.6 Å². The first-order chi connectivity index (χ1) is 7.29. The minimum atomic E-state index is -0.216. The van der Waals surface area contributed by atoms with Crippen molar-refractivity contribution in [3.8, 4) is 0 Å². The molecular weight excluding hydrogens is 204 g/mol. The zero-order valence-corrected chi connectivity index (χ0v) is 10.3. The van der Waals surface area contributed by atoms with Gasteiger partial charge in [-0.3, -0.25) is 4.79 Å². The van der Waals surface area contributed by atoms with Crippen LogP contribution in [0.2, 0.25) is 0 Å². The van der Waals surface area contributed by atoms with E-state index < -0.39 is 0 Å². The van der Waals surface area contributed by atoms with Crippen LogP contribution in [0.15, 0.2) is 12.5 Å². The van der Waals surface area contributed by atoms with Crippen molar-refractivity contribution in [3.63, 3.8) is 0 Å². The van der Waals surface area contributed by atoms with Crippen LogP contribution in [0.5, 0.6) is 0 Å². The van der Waals surface area contributed by atoms with Crippen molar-refractivity contribution in [2.24, 2.45) is 5.73 Å². The summed E-state index contributed by atoms with van der Waals surface area (Å²) in [5.74, 6) is -0.0348. The second-order valence-electron chi connectivity index (χ2n) is 5.03. The van der Waals surface area contributed by atoms with Crippen molar-refractivity contribution < 1.29 is 4.79 Å². The fourth-order valence-corrected chi connectivity index (χ4v) is 1.45. The monoisotopic (exact) mass is 224 g/mol. The van der Waals surface area contributed by atoms with E-state index in [9.17, 15) is 4.79 Å². The SMILES string of the molecule is C[C@@H](N)c1cncn1CC(=O)NC(C)(C)C. The number of aromatic nitrogens is 2. The van der Waals surface area contributed by atoms with Gasteiger partial charge in [-0.05, 0) is 27.7 Å². The molecule has 5 heteroatoms. The fourth-order valence-electron chi connectivity index (χ4n) is 1.45. The number of imidazole rings is 1. The maximum Gasteiger partial charge on any atom is 0.240 e. The van der Waals surface area contributed by atoms with Gasteiger partial charge in [0.05, 0.1) is 12.0 Å². The lowest BCUT2D eigenvalue weighted by molar-refractivity contribution is -0.123. The molecule has 5 nitrogen and oxygen atoms in total. The highest BCUT2D eigenvalue weighted by Crippen LogP contribution is 2.08. The normalized spacial score (nSPS) is 13.6. The summed E-state index contributed by atoms with van der Waals surface area (Å²) in [7, 11) is 0. The van der Waals surface area contributed by atoms with Crippen molar-refractivity contribution in [3.05, 3.63) is 18.2 Å². The standard InChI is InChI=1S/C11H20N4O/c1-8(12)9-5-13-7-15(9)6-10(16)14-11(2,3)4/h5,7-8H,6,12H2,1-4H3,(H,14,16)/t8-/m1/s1. The van der Waals surface area contributed by atoms with Crippen LogP contribution in [0, 0.1) is 0 Å². The van der Waals surface area contributed by atoms with E-state index in [2.05, 4.69) is 10.3 Å². The quantitative estimate of drug-likeness (QED) is 0.798. The van der Waals surface area contributed by atoms with Gasteiger partial charge in [-0.1, -0.05) is 0 Å². The molecule has 1 heterocycles. The van der Waals surface area contributed by atoms with Gasteiger partial charge in [-0.2, -0.15) is 0 Å². The van der Waals surface area contributed by atoms with E-state index in [1.165, 1.54) is 0 Å². The number of nitrogens with one attached hydrogen (secondary N) is 1. The summed E-state index contributed by atoms with van der Waals surface area (Å²) in [4.78, 5) is 15.7. The summed E-state index contributed by atoms with van der Waals surface area (Å²) in [6.45, 7) is 7.98. The van der Waals surface area contributed by atoms with Crippen molar-refractivity contribution in [1.29, 1.82) is 0 Å². The second-order valence-corrected chi connectivity index (χ2v) is 5.03. The van der Waals surface area contributed by atoms with E-state index in [-0.39, 0.29) is 24.0 Å². The first-order valence-corrected chi connectivity index (χ1v) is 5.36. The topological polar surface area (TPSA) is 72.9 Å². The maximum atomic E-state index is 11.7. The molecule has 1 aromatic heterocycles. The first-order valence-electron chi connectivity index (χ1n) is 5.36. The Labute approximate surface area is 96.0 Å². The van der Waals surface area contributed by atoms with Crippen molar-refractivity contribution >= 4 is 5.91 Å². The van der Waals surface area contributed by atoms with Gasteiger partial charge in [0.1, 0.15) is 6.54 Å². The molecular formula is C11H20N4O. The van der Waals surface area contributed by atoms with Crippen molar-refractivity contribution in [2.45, 2.75) is 45.8 Å². The van der Waals surface area contributed by atoms with Crippen molar-refractivity contribution in [2.75, 3.05) is 0 Å². The van der Waals surface area contributed by atoms with Gasteiger partial charge in [0.15, 0.2) is 0 Å². The Bertz CT molecular complexity index is 362. The van der Waals surface area contributed by atoms with Crippen molar-refractivity contribution in [1.82, 2.24) is 14.9 Å². The van der Waals surface area contributed by atoms with Crippen LogP contribution in [-0.2, 0) is 11.3 Å². The number of nitrogens with two attached hydrogens (primary N) is 1. The summed E-state index contributed by atoms with van der Waals surface area (Å²) in [6.07, 6.45) is 3.32. The number of carbonyl (C=O) groups is 1. The zero-order valence-electron chi connectivity index (χ0n) is 10.3. The van der Waals surface area contributed by atoms with E-state index in [1.54, 1.807) is 17.1 Å². The first kappa shape index (κ1) is 12.7. The van der Waals surface area contributed by atoms with Crippen LogP contribution in [0.25, 0.3) is 0 Å². The lowest BCUT2D eigenvalue weighted by Crippen LogP contribution is -2.42. The molecule has 0 spiro atoms. The number of nitrogens with zero attached hydrogens (tertiary/aromatic N) is 2. The lowest BCUT2D eigenvalue weighted by atomic mass is 10.1. The predicted octanol–water partition coefficient (Wildman–Crippen LogP) is 0.817. The number of hydrogen-bond donors (Lipinski definition) is 2. The number of hydrogen-bond acceptors (Lipinski definition) is 3. The fraction of sp³-hybridized carbons (Fsp3) is 0.636. The summed E-state index contributed by atoms with van der Waals surface area (Å²) >= 11 is 0. The number of rotatable bonds is 3. The van der Waals surface area contributed by atoms with Crippen LogP contribution in [0.3, 0.4) is 0 Å². The number of amides is 1. The van der Waals surface area contributed by atoms with Gasteiger partial charge >= 0.3 is 0 Å². The highest BCUT2D eigenvalue weighted by atomic mass is 16.2. The molecule has 0 aliphatic carbocycles. The maximum absolute atomic E-state index is 11.7. The van der Waals surface area contributed by atoms with Gasteiger partial charge in [0.2, 0.25) is 5.91 Å². The molecule has 1 aromatic rings. The molecule has 90 valence electrons. The third kappa shape index (κ3) is 3.66. The minimum absolute atomic E-state index is 0.0348. The molecule has 1 atom stereocenters. The highest BCUT2D eigenvalue weighted by Gasteiger charge is 2.15. The lowest BCUT2D eigenvalue weighted by Gasteiger charge is -2.21. The molecule has 0 bridgehead atoms. The smallest absolute Gasteiger partial charge is 0.240 e. The van der Waals surface area contributed by atoms with Gasteiger partial charge in [0.25, 0.3) is 0 Å². The van der Waals surface area contributed by atoms with E-state index >= 15 is 0 Å². The molecule has 0 aromatic carbocycles. The Kier molecular flexibility index (Phi) is 3.70. The third-order valence-corrected chi connectivity index (χ3v) is 2.04. The molecule has 3 N–H and O–H groups in total. The molecule has 0 unspecified atom stereocenters. The van der Waals surface area contributed by atoms with E-state index in [4.69, 9.17) is 5.73 Å². The summed E-state index contributed by atoms with van der Waals surface area (Å²) in [6, 6.07) is -0.120. The zero-order chi connectivity index (χ0) is 12.3. The molecule has 0 saturated carbocycles. The Morgan fingerprint density at radius 3 is 2.75 bits per heavy atom. The molecule has 16 heavy (non-hydrogen) atoms. The van der Waals surface area contributed by atoms with E-state index in [0.717, 1.165) is 5.69 Å². The van der Waals surface area contributed by atoms with Gasteiger partial charge in [0, 0.05) is 17.8 Å². The molecule has 0 aliphatic rings. The Morgan fingerprint density at radius 1 is 1.62 bits per heavy atom. The van der Waals surface area contributed by atoms with Crippen LogP contribution in [-0.4, -0.2) is 21.0 Å². The Morgan fingerprint density at radius 2 is 2.25 bits per heavy atom. The third-order valence-electron chi connectivity index (χ3n) is 2.04. The van der Waals surface area contributed by atoms with Gasteiger partial charge in [-0.15, -0.1) is 0 Å². The molecule has 0 aliphatic heterocycles. The number of carbonyl (C=O) groups excluding carboxylic acids is 1. The van der Waals surface area contributed by atoms with Crippen LogP contribution in [0.4, 0.5) is 0 Å². The van der Waals surface area contributed by atoms with Crippen LogP contribution in [0.1, 0.15) is 39.4 Å². The predicted molar refractivity (Wildman–Crippen MR) is 62.7 cm³/mol. The largest absolute Gasteiger partial charge is 0.350 e. The molecule has 0 saturated heterocycles. The summed E-state index contributed by atoms with van der Waals surface area (Å²) in [5, 5.41) is 2.90. The molecule has 1 amide bonds. The molecule has 1 rings (SSSR count). The van der Waals surface area contributed by atoms with Crippen LogP contribution < -0.4 is 11.1 Å². The summed E-state index contributed by atoms with van der Waals surface area (Å²) in [5.41, 5.74) is 6.42. The molecule has 0 fully saturated rings. The van der Waals surface area contributed by atoms with E-state index in [0.29, 0.717) is 0 Å². The summed E-state index contributed by atoms with van der Waals surface area (Å²) < 4.78 is 1.77. The molecule has 0 radical (unpaired) electrons. The van der Waals surface area contributed by atoms with Crippen LogP contribution >= 0.6 is 0 Å². The highest BCUT2D eigenvalue weighted by molar-refractivity contribution is 5.76. The van der Waals surface area contributed by atoms with Gasteiger partial charge in [-0.25, -0.2) is 4.98 Å². The van der Waals surface area contributed by atoms with E-state index in [1.807, 2.05) is 27.7 Å². The minimum Gasteiger partial charge on any atom is -0.350 e. The second kappa shape index (κ2) is 4.65. The Balaban J connectivity index is 2.67. The average Bonchev–Trinajstić information content (AvgIpc) is 2.47.